The SMILES string of the molecule is CCCCCOC(=O)C(=O)c1ccccc1. The van der Waals surface area contributed by atoms with E-state index >= 15 is 0 Å². The van der Waals surface area contributed by atoms with Crippen molar-refractivity contribution in [3.63, 3.8) is 0 Å². The predicted octanol–water partition coefficient (Wildman–Crippen LogP) is 2.60. The molecule has 0 fully saturated rings. The van der Waals surface area contributed by atoms with Crippen molar-refractivity contribution in [3.8, 4) is 0 Å². The van der Waals surface area contributed by atoms with E-state index in [-0.39, 0.29) is 0 Å². The average molecular weight is 220 g/mol. The highest BCUT2D eigenvalue weighted by Gasteiger charge is 2.16. The Kier molecular flexibility index (Phi) is 5.26. The highest BCUT2D eigenvalue weighted by atomic mass is 16.5. The molecule has 0 N–H and O–H groups in total. The normalized spacial score (nSPS) is 9.81. The number of Topliss-reactive ketones (excluding diaryl/α,β-unsaturated/α-hetero) is 1. The Bertz CT molecular complexity index is 343. The third-order valence-corrected chi connectivity index (χ3v) is 2.20. The first-order chi connectivity index (χ1) is 7.75. The molecule has 0 atom stereocenters. The molecule has 0 saturated carbocycles. The maximum Gasteiger partial charge on any atom is 0.379 e. The second kappa shape index (κ2) is 6.77. The molecule has 0 radical (unpaired) electrons. The maximum absolute atomic E-state index is 11.5. The lowest BCUT2D eigenvalue weighted by atomic mass is 10.1. The highest BCUT2D eigenvalue weighted by Crippen LogP contribution is 2.02. The van der Waals surface area contributed by atoms with Crippen LogP contribution in [-0.4, -0.2) is 18.4 Å². The van der Waals surface area contributed by atoms with Crippen molar-refractivity contribution in [3.05, 3.63) is 35.9 Å². The zero-order chi connectivity index (χ0) is 11.8. The van der Waals surface area contributed by atoms with Gasteiger partial charge < -0.3 is 4.74 Å². The lowest BCUT2D eigenvalue weighted by molar-refractivity contribution is -0.138. The van der Waals surface area contributed by atoms with E-state index in [1.165, 1.54) is 0 Å². The monoisotopic (exact) mass is 220 g/mol. The maximum atomic E-state index is 11.5. The molecule has 1 aromatic carbocycles. The van der Waals surface area contributed by atoms with Crippen molar-refractivity contribution in [2.24, 2.45) is 0 Å². The third kappa shape index (κ3) is 3.85. The summed E-state index contributed by atoms with van der Waals surface area (Å²) in [6.07, 6.45) is 2.88. The Morgan fingerprint density at radius 3 is 2.44 bits per heavy atom. The number of ketones is 1. The summed E-state index contributed by atoms with van der Waals surface area (Å²) in [6.45, 7) is 2.39. The van der Waals surface area contributed by atoms with Gasteiger partial charge in [0.15, 0.2) is 0 Å². The van der Waals surface area contributed by atoms with Gasteiger partial charge in [-0.2, -0.15) is 0 Å². The lowest BCUT2D eigenvalue weighted by Crippen LogP contribution is -2.18. The Morgan fingerprint density at radius 2 is 1.81 bits per heavy atom. The number of hydrogen-bond acceptors (Lipinski definition) is 3. The summed E-state index contributed by atoms with van der Waals surface area (Å²) in [5, 5.41) is 0. The Hall–Kier alpha value is -1.64. The molecule has 0 unspecified atom stereocenters. The molecule has 16 heavy (non-hydrogen) atoms. The summed E-state index contributed by atoms with van der Waals surface area (Å²) < 4.78 is 4.87. The van der Waals surface area contributed by atoms with Gasteiger partial charge in [-0.1, -0.05) is 50.1 Å². The molecule has 3 heteroatoms. The second-order valence-electron chi connectivity index (χ2n) is 3.54. The zero-order valence-electron chi connectivity index (χ0n) is 9.44. The zero-order valence-corrected chi connectivity index (χ0v) is 9.44. The number of ether oxygens (including phenoxy) is 1. The molecule has 1 rings (SSSR count). The molecule has 0 aliphatic rings. The summed E-state index contributed by atoms with van der Waals surface area (Å²) in [6, 6.07) is 8.45. The van der Waals surface area contributed by atoms with Crippen molar-refractivity contribution in [2.45, 2.75) is 26.2 Å². The fraction of sp³-hybridized carbons (Fsp3) is 0.385. The van der Waals surface area contributed by atoms with E-state index in [2.05, 4.69) is 6.92 Å². The third-order valence-electron chi connectivity index (χ3n) is 2.20. The van der Waals surface area contributed by atoms with Crippen LogP contribution in [0.3, 0.4) is 0 Å². The lowest BCUT2D eigenvalue weighted by Gasteiger charge is -2.03. The molecule has 0 aliphatic heterocycles. The second-order valence-corrected chi connectivity index (χ2v) is 3.54. The average Bonchev–Trinajstić information content (AvgIpc) is 2.34. The molecule has 86 valence electrons. The van der Waals surface area contributed by atoms with Gasteiger partial charge in [0, 0.05) is 5.56 Å². The molecular weight excluding hydrogens is 204 g/mol. The Balaban J connectivity index is 2.40. The van der Waals surface area contributed by atoms with E-state index in [4.69, 9.17) is 4.74 Å². The number of carbonyl (C=O) groups excluding carboxylic acids is 2. The molecule has 0 amide bonds. The molecule has 0 heterocycles. The van der Waals surface area contributed by atoms with Crippen LogP contribution in [0.1, 0.15) is 36.5 Å². The van der Waals surface area contributed by atoms with Crippen LogP contribution in [0.25, 0.3) is 0 Å². The van der Waals surface area contributed by atoms with Gasteiger partial charge in [-0.05, 0) is 6.42 Å². The minimum atomic E-state index is -0.762. The Labute approximate surface area is 95.4 Å². The molecule has 1 aromatic rings. The van der Waals surface area contributed by atoms with Gasteiger partial charge >= 0.3 is 5.97 Å². The summed E-state index contributed by atoms with van der Waals surface area (Å²) in [4.78, 5) is 22.9. The first-order valence-corrected chi connectivity index (χ1v) is 5.52. The number of unbranched alkanes of at least 4 members (excludes halogenated alkanes) is 2. The van der Waals surface area contributed by atoms with E-state index < -0.39 is 11.8 Å². The van der Waals surface area contributed by atoms with Gasteiger partial charge in [-0.15, -0.1) is 0 Å². The van der Waals surface area contributed by atoms with Gasteiger partial charge in [-0.25, -0.2) is 4.79 Å². The summed E-state index contributed by atoms with van der Waals surface area (Å²) in [7, 11) is 0. The van der Waals surface area contributed by atoms with E-state index in [0.717, 1.165) is 19.3 Å². The molecule has 0 aliphatic carbocycles. The molecule has 0 spiro atoms. The predicted molar refractivity (Wildman–Crippen MR) is 61.3 cm³/mol. The molecular formula is C13H16O3. The molecule has 3 nitrogen and oxygen atoms in total. The summed E-state index contributed by atoms with van der Waals surface area (Å²) in [5.74, 6) is -1.33. The van der Waals surface area contributed by atoms with Crippen molar-refractivity contribution in [2.75, 3.05) is 6.61 Å². The largest absolute Gasteiger partial charge is 0.460 e. The number of carbonyl (C=O) groups is 2. The van der Waals surface area contributed by atoms with Crippen molar-refractivity contribution < 1.29 is 14.3 Å². The van der Waals surface area contributed by atoms with Gasteiger partial charge in [0.25, 0.3) is 5.78 Å². The van der Waals surface area contributed by atoms with E-state index in [1.54, 1.807) is 30.3 Å². The van der Waals surface area contributed by atoms with Crippen LogP contribution >= 0.6 is 0 Å². The van der Waals surface area contributed by atoms with Crippen molar-refractivity contribution in [1.29, 1.82) is 0 Å². The van der Waals surface area contributed by atoms with E-state index in [9.17, 15) is 9.59 Å². The minimum Gasteiger partial charge on any atom is -0.460 e. The fourth-order valence-corrected chi connectivity index (χ4v) is 1.29. The highest BCUT2D eigenvalue weighted by molar-refractivity contribution is 6.40. The molecule has 0 saturated heterocycles. The van der Waals surface area contributed by atoms with Crippen LogP contribution in [0, 0.1) is 0 Å². The van der Waals surface area contributed by atoms with Gasteiger partial charge in [0.1, 0.15) is 0 Å². The molecule has 0 aromatic heterocycles. The Morgan fingerprint density at radius 1 is 1.12 bits per heavy atom. The smallest absolute Gasteiger partial charge is 0.379 e. The number of benzene rings is 1. The summed E-state index contributed by atoms with van der Waals surface area (Å²) in [5.41, 5.74) is 0.378. The summed E-state index contributed by atoms with van der Waals surface area (Å²) >= 11 is 0. The first-order valence-electron chi connectivity index (χ1n) is 5.52. The van der Waals surface area contributed by atoms with Gasteiger partial charge in [0.05, 0.1) is 6.61 Å². The van der Waals surface area contributed by atoms with Crippen LogP contribution in [0.2, 0.25) is 0 Å². The fourth-order valence-electron chi connectivity index (χ4n) is 1.29. The van der Waals surface area contributed by atoms with E-state index in [1.807, 2.05) is 0 Å². The van der Waals surface area contributed by atoms with Crippen LogP contribution in [-0.2, 0) is 9.53 Å². The number of esters is 1. The van der Waals surface area contributed by atoms with Crippen LogP contribution in [0.4, 0.5) is 0 Å². The van der Waals surface area contributed by atoms with Gasteiger partial charge in [0.2, 0.25) is 0 Å². The first kappa shape index (κ1) is 12.4. The van der Waals surface area contributed by atoms with Crippen LogP contribution in [0.15, 0.2) is 30.3 Å². The minimum absolute atomic E-state index is 0.325. The number of hydrogen-bond donors (Lipinski definition) is 0. The van der Waals surface area contributed by atoms with Gasteiger partial charge in [-0.3, -0.25) is 4.79 Å². The van der Waals surface area contributed by atoms with Crippen molar-refractivity contribution >= 4 is 11.8 Å². The quantitative estimate of drug-likeness (QED) is 0.320. The standard InChI is InChI=1S/C13H16O3/c1-2-3-7-10-16-13(15)12(14)11-8-5-4-6-9-11/h4-6,8-9H,2-3,7,10H2,1H3. The topological polar surface area (TPSA) is 43.4 Å². The number of rotatable bonds is 6. The van der Waals surface area contributed by atoms with E-state index in [0.29, 0.717) is 12.2 Å². The van der Waals surface area contributed by atoms with Crippen molar-refractivity contribution in [1.82, 2.24) is 0 Å². The van der Waals surface area contributed by atoms with Crippen LogP contribution in [0.5, 0.6) is 0 Å². The van der Waals surface area contributed by atoms with Crippen LogP contribution < -0.4 is 0 Å². The molecule has 0 bridgehead atoms.